The Morgan fingerprint density at radius 1 is 0.440 bits per heavy atom. The van der Waals surface area contributed by atoms with Gasteiger partial charge in [-0.2, -0.15) is 0 Å². The Bertz CT molecular complexity index is 1720. The van der Waals surface area contributed by atoms with Crippen LogP contribution in [0.3, 0.4) is 0 Å². The molecule has 3 atom stereocenters. The second-order valence-electron chi connectivity index (χ2n) is 12.1. The molecule has 0 radical (unpaired) electrons. The van der Waals surface area contributed by atoms with Gasteiger partial charge >= 0.3 is 0 Å². The lowest BCUT2D eigenvalue weighted by Crippen LogP contribution is -2.47. The molecular formula is C45H42O5. The third-order valence-electron chi connectivity index (χ3n) is 8.71. The van der Waals surface area contributed by atoms with E-state index in [1.54, 1.807) is 0 Å². The van der Waals surface area contributed by atoms with Gasteiger partial charge < -0.3 is 23.7 Å². The predicted octanol–water partition coefficient (Wildman–Crippen LogP) is 8.95. The van der Waals surface area contributed by atoms with Crippen molar-refractivity contribution >= 4 is 6.29 Å². The van der Waals surface area contributed by atoms with Gasteiger partial charge in [-0.05, 0) is 33.4 Å². The van der Waals surface area contributed by atoms with Crippen LogP contribution < -0.4 is 0 Å². The molecular weight excluding hydrogens is 620 g/mol. The van der Waals surface area contributed by atoms with Crippen LogP contribution in [0, 0.1) is 0 Å². The minimum Gasteiger partial charge on any atom is -0.368 e. The van der Waals surface area contributed by atoms with Crippen molar-refractivity contribution in [1.82, 2.24) is 0 Å². The highest BCUT2D eigenvalue weighted by Crippen LogP contribution is 2.41. The summed E-state index contributed by atoms with van der Waals surface area (Å²) < 4.78 is 26.9. The number of carbonyl (C=O) groups is 1. The highest BCUT2D eigenvalue weighted by atomic mass is 16.6. The Morgan fingerprint density at radius 2 is 0.780 bits per heavy atom. The van der Waals surface area contributed by atoms with Crippen molar-refractivity contribution in [3.63, 3.8) is 0 Å². The van der Waals surface area contributed by atoms with Gasteiger partial charge in [-0.25, -0.2) is 0 Å². The monoisotopic (exact) mass is 662 g/mol. The van der Waals surface area contributed by atoms with Crippen LogP contribution in [-0.4, -0.2) is 31.2 Å². The van der Waals surface area contributed by atoms with Crippen LogP contribution in [0.25, 0.3) is 0 Å². The van der Waals surface area contributed by atoms with E-state index in [0.717, 1.165) is 39.7 Å². The van der Waals surface area contributed by atoms with Gasteiger partial charge in [-0.15, -0.1) is 0 Å². The number of ether oxygens (including phenoxy) is 4. The lowest BCUT2D eigenvalue weighted by atomic mass is 9.80. The zero-order valence-corrected chi connectivity index (χ0v) is 28.0. The zero-order chi connectivity index (χ0) is 34.3. The van der Waals surface area contributed by atoms with Gasteiger partial charge in [-0.1, -0.05) is 182 Å². The normalized spacial score (nSPS) is 13.3. The van der Waals surface area contributed by atoms with Crippen LogP contribution in [0.4, 0.5) is 0 Å². The minimum absolute atomic E-state index is 0.0873. The zero-order valence-electron chi connectivity index (χ0n) is 28.0. The Hall–Kier alpha value is -5.17. The molecule has 6 aromatic rings. The van der Waals surface area contributed by atoms with Crippen molar-refractivity contribution in [3.8, 4) is 0 Å². The Labute approximate surface area is 295 Å². The number of benzene rings is 6. The SMILES string of the molecule is O=C[C@@H](OCc1ccccc1)[C@@H](OCc1ccccc1)[C@@H](COC(c1ccccc1)(c1ccccc1)c1ccccc1)OCc1ccccc1. The summed E-state index contributed by atoms with van der Waals surface area (Å²) in [5, 5.41) is 0. The summed E-state index contributed by atoms with van der Waals surface area (Å²) in [6, 6.07) is 60.3. The number of rotatable bonds is 18. The van der Waals surface area contributed by atoms with Gasteiger partial charge in [0.25, 0.3) is 0 Å². The summed E-state index contributed by atoms with van der Waals surface area (Å²) in [6.45, 7) is 0.879. The summed E-state index contributed by atoms with van der Waals surface area (Å²) in [6.07, 6.45) is -1.64. The Kier molecular flexibility index (Phi) is 12.5. The van der Waals surface area contributed by atoms with E-state index < -0.39 is 23.9 Å². The largest absolute Gasteiger partial charge is 0.368 e. The lowest BCUT2D eigenvalue weighted by molar-refractivity contribution is -0.176. The second-order valence-corrected chi connectivity index (χ2v) is 12.1. The molecule has 0 heterocycles. The molecule has 0 saturated carbocycles. The van der Waals surface area contributed by atoms with Crippen LogP contribution in [0.2, 0.25) is 0 Å². The van der Waals surface area contributed by atoms with Gasteiger partial charge in [0.1, 0.15) is 23.9 Å². The standard InChI is InChI=1S/C45H42O5/c46-31-42(47-32-36-19-7-1-8-20-36)44(49-34-38-23-11-3-12-24-38)43(48-33-37-21-9-2-10-22-37)35-50-45(39-25-13-4-14-26-39,40-27-15-5-16-28-40)41-29-17-6-18-30-41/h1-31,42-44H,32-35H2/t42-,43-,44-/m1/s1. The molecule has 0 spiro atoms. The molecule has 0 aromatic heterocycles. The predicted molar refractivity (Wildman–Crippen MR) is 196 cm³/mol. The van der Waals surface area contributed by atoms with Gasteiger partial charge in [-0.3, -0.25) is 0 Å². The molecule has 5 heteroatoms. The maximum Gasteiger partial charge on any atom is 0.151 e. The average molecular weight is 663 g/mol. The van der Waals surface area contributed by atoms with Gasteiger partial charge in [0.05, 0.1) is 26.4 Å². The van der Waals surface area contributed by atoms with E-state index in [-0.39, 0.29) is 19.8 Å². The van der Waals surface area contributed by atoms with E-state index in [0.29, 0.717) is 6.61 Å². The first kappa shape index (κ1) is 34.7. The van der Waals surface area contributed by atoms with E-state index in [1.165, 1.54) is 0 Å². The molecule has 6 aromatic carbocycles. The van der Waals surface area contributed by atoms with Crippen LogP contribution in [0.15, 0.2) is 182 Å². The third-order valence-corrected chi connectivity index (χ3v) is 8.71. The number of hydrogen-bond donors (Lipinski definition) is 0. The highest BCUT2D eigenvalue weighted by molar-refractivity contribution is 5.57. The molecule has 0 aliphatic rings. The average Bonchev–Trinajstić information content (AvgIpc) is 3.20. The molecule has 0 saturated heterocycles. The molecule has 0 aliphatic carbocycles. The van der Waals surface area contributed by atoms with Gasteiger partial charge in [0.2, 0.25) is 0 Å². The molecule has 5 nitrogen and oxygen atoms in total. The van der Waals surface area contributed by atoms with Crippen LogP contribution in [-0.2, 0) is 49.2 Å². The van der Waals surface area contributed by atoms with E-state index in [9.17, 15) is 4.79 Å². The van der Waals surface area contributed by atoms with Crippen molar-refractivity contribution in [2.75, 3.05) is 6.61 Å². The quantitative estimate of drug-likeness (QED) is 0.0680. The van der Waals surface area contributed by atoms with Crippen LogP contribution >= 0.6 is 0 Å². The summed E-state index contributed by atoms with van der Waals surface area (Å²) in [4.78, 5) is 12.9. The fraction of sp³-hybridized carbons (Fsp3) is 0.178. The van der Waals surface area contributed by atoms with Crippen molar-refractivity contribution < 1.29 is 23.7 Å². The first-order valence-corrected chi connectivity index (χ1v) is 17.0. The lowest BCUT2D eigenvalue weighted by Gasteiger charge is -2.39. The van der Waals surface area contributed by atoms with E-state index >= 15 is 0 Å². The third kappa shape index (κ3) is 8.89. The first-order valence-electron chi connectivity index (χ1n) is 17.0. The second kappa shape index (κ2) is 18.0. The first-order chi connectivity index (χ1) is 24.8. The van der Waals surface area contributed by atoms with E-state index in [1.807, 2.05) is 146 Å². The number of hydrogen-bond acceptors (Lipinski definition) is 5. The van der Waals surface area contributed by atoms with Gasteiger partial charge in [0, 0.05) is 0 Å². The van der Waals surface area contributed by atoms with Crippen molar-refractivity contribution in [3.05, 3.63) is 215 Å². The molecule has 0 amide bonds. The minimum atomic E-state index is -0.996. The summed E-state index contributed by atoms with van der Waals surface area (Å²) in [5.41, 5.74) is 4.82. The maximum atomic E-state index is 12.9. The van der Waals surface area contributed by atoms with Crippen molar-refractivity contribution in [2.45, 2.75) is 43.7 Å². The topological polar surface area (TPSA) is 54.0 Å². The molecule has 50 heavy (non-hydrogen) atoms. The number of aldehydes is 1. The summed E-state index contributed by atoms with van der Waals surface area (Å²) >= 11 is 0. The summed E-state index contributed by atoms with van der Waals surface area (Å²) in [7, 11) is 0. The summed E-state index contributed by atoms with van der Waals surface area (Å²) in [5.74, 6) is 0. The van der Waals surface area contributed by atoms with Crippen molar-refractivity contribution in [1.29, 1.82) is 0 Å². The van der Waals surface area contributed by atoms with E-state index in [4.69, 9.17) is 18.9 Å². The van der Waals surface area contributed by atoms with Crippen LogP contribution in [0.1, 0.15) is 33.4 Å². The Morgan fingerprint density at radius 3 is 1.16 bits per heavy atom. The molecule has 0 aliphatic heterocycles. The molecule has 0 bridgehead atoms. The molecule has 0 N–H and O–H groups in total. The van der Waals surface area contributed by atoms with Crippen LogP contribution in [0.5, 0.6) is 0 Å². The smallest absolute Gasteiger partial charge is 0.151 e. The Balaban J connectivity index is 1.40. The molecule has 0 fully saturated rings. The maximum absolute atomic E-state index is 12.9. The molecule has 252 valence electrons. The molecule has 6 rings (SSSR count). The number of carbonyl (C=O) groups excluding carboxylic acids is 1. The fourth-order valence-corrected chi connectivity index (χ4v) is 6.15. The molecule has 0 unspecified atom stereocenters. The van der Waals surface area contributed by atoms with E-state index in [2.05, 4.69) is 36.4 Å². The fourth-order valence-electron chi connectivity index (χ4n) is 6.15. The van der Waals surface area contributed by atoms with Gasteiger partial charge in [0.15, 0.2) is 6.29 Å². The highest BCUT2D eigenvalue weighted by Gasteiger charge is 2.41. The van der Waals surface area contributed by atoms with Crippen molar-refractivity contribution in [2.24, 2.45) is 0 Å².